The van der Waals surface area contributed by atoms with E-state index in [1.54, 1.807) is 24.3 Å². The van der Waals surface area contributed by atoms with Gasteiger partial charge in [-0.25, -0.2) is 8.78 Å². The number of alkyl halides is 2. The van der Waals surface area contributed by atoms with Crippen LogP contribution in [0.15, 0.2) is 54.6 Å². The number of rotatable bonds is 6. The molecule has 4 heteroatoms. The van der Waals surface area contributed by atoms with E-state index >= 15 is 0 Å². The number of ether oxygens (including phenoxy) is 1. The van der Waals surface area contributed by atoms with Crippen molar-refractivity contribution in [3.8, 4) is 5.75 Å². The highest BCUT2D eigenvalue weighted by atomic mass is 19.3. The molecule has 106 valence electrons. The van der Waals surface area contributed by atoms with Crippen LogP contribution in [-0.4, -0.2) is 6.43 Å². The quantitative estimate of drug-likeness (QED) is 0.868. The van der Waals surface area contributed by atoms with Crippen LogP contribution in [0, 0.1) is 0 Å². The smallest absolute Gasteiger partial charge is 0.240 e. The van der Waals surface area contributed by atoms with E-state index in [2.05, 4.69) is 0 Å². The van der Waals surface area contributed by atoms with E-state index in [0.717, 1.165) is 5.56 Å². The third kappa shape index (κ3) is 4.03. The lowest BCUT2D eigenvalue weighted by Gasteiger charge is -2.16. The Hall–Kier alpha value is -1.94. The molecule has 2 aromatic carbocycles. The van der Waals surface area contributed by atoms with Gasteiger partial charge in [0.2, 0.25) is 6.43 Å². The third-order valence-corrected chi connectivity index (χ3v) is 2.99. The summed E-state index contributed by atoms with van der Waals surface area (Å²) in [5.41, 5.74) is 7.44. The highest BCUT2D eigenvalue weighted by Gasteiger charge is 2.16. The molecule has 2 rings (SSSR count). The van der Waals surface area contributed by atoms with Gasteiger partial charge in [0.15, 0.2) is 0 Å². The molecule has 0 spiro atoms. The zero-order valence-corrected chi connectivity index (χ0v) is 11.0. The highest BCUT2D eigenvalue weighted by Crippen LogP contribution is 2.27. The van der Waals surface area contributed by atoms with E-state index in [1.807, 2.05) is 30.3 Å². The molecule has 0 aromatic heterocycles. The fourth-order valence-electron chi connectivity index (χ4n) is 1.97. The molecule has 2 nitrogen and oxygen atoms in total. The first kappa shape index (κ1) is 14.5. The van der Waals surface area contributed by atoms with Gasteiger partial charge in [-0.15, -0.1) is 0 Å². The third-order valence-electron chi connectivity index (χ3n) is 2.99. The van der Waals surface area contributed by atoms with Crippen molar-refractivity contribution in [2.75, 3.05) is 0 Å². The van der Waals surface area contributed by atoms with Crippen LogP contribution in [0.3, 0.4) is 0 Å². The molecule has 0 fully saturated rings. The molecule has 0 heterocycles. The van der Waals surface area contributed by atoms with Crippen LogP contribution >= 0.6 is 0 Å². The molecule has 1 atom stereocenters. The summed E-state index contributed by atoms with van der Waals surface area (Å²) in [6, 6.07) is 16.0. The summed E-state index contributed by atoms with van der Waals surface area (Å²) in [5.74, 6) is 0.560. The predicted molar refractivity (Wildman–Crippen MR) is 74.8 cm³/mol. The molecule has 0 saturated carbocycles. The first-order valence-corrected chi connectivity index (χ1v) is 6.46. The van der Waals surface area contributed by atoms with E-state index in [4.69, 9.17) is 10.5 Å². The van der Waals surface area contributed by atoms with Gasteiger partial charge < -0.3 is 10.5 Å². The Labute approximate surface area is 117 Å². The average molecular weight is 277 g/mol. The molecule has 2 N–H and O–H groups in total. The lowest BCUT2D eigenvalue weighted by atomic mass is 10.0. The van der Waals surface area contributed by atoms with Gasteiger partial charge in [0.25, 0.3) is 0 Å². The number of nitrogens with two attached hydrogens (primary N) is 1. The Morgan fingerprint density at radius 3 is 2.30 bits per heavy atom. The Bertz CT molecular complexity index is 531. The Morgan fingerprint density at radius 1 is 0.950 bits per heavy atom. The first-order chi connectivity index (χ1) is 9.66. The molecular weight excluding hydrogens is 260 g/mol. The van der Waals surface area contributed by atoms with Crippen molar-refractivity contribution in [2.45, 2.75) is 25.5 Å². The number of halogens is 2. The van der Waals surface area contributed by atoms with Gasteiger partial charge in [-0.05, 0) is 11.6 Å². The normalized spacial score (nSPS) is 12.4. The Balaban J connectivity index is 2.08. The van der Waals surface area contributed by atoms with Gasteiger partial charge in [0.05, 0.1) is 0 Å². The number of benzene rings is 2. The molecule has 0 amide bonds. The van der Waals surface area contributed by atoms with Gasteiger partial charge in [-0.3, -0.25) is 0 Å². The van der Waals surface area contributed by atoms with Crippen LogP contribution in [0.2, 0.25) is 0 Å². The maximum atomic E-state index is 12.4. The average Bonchev–Trinajstić information content (AvgIpc) is 2.46. The van der Waals surface area contributed by atoms with Gasteiger partial charge in [-0.1, -0.05) is 48.5 Å². The fourth-order valence-corrected chi connectivity index (χ4v) is 1.97. The fraction of sp³-hybridized carbons (Fsp3) is 0.250. The second kappa shape index (κ2) is 7.01. The summed E-state index contributed by atoms with van der Waals surface area (Å²) in [6.45, 7) is 0.388. The molecule has 0 saturated heterocycles. The summed E-state index contributed by atoms with van der Waals surface area (Å²) in [4.78, 5) is 0. The summed E-state index contributed by atoms with van der Waals surface area (Å²) in [7, 11) is 0. The predicted octanol–water partition coefficient (Wildman–Crippen LogP) is 3.92. The standard InChI is InChI=1S/C16H17F2NO/c17-16(18)10-14(19)13-8-4-5-9-15(13)20-11-12-6-2-1-3-7-12/h1-9,14,16H,10-11,19H2/t14-/m1/s1. The van der Waals surface area contributed by atoms with Crippen LogP contribution in [0.4, 0.5) is 8.78 Å². The highest BCUT2D eigenvalue weighted by molar-refractivity contribution is 5.36. The van der Waals surface area contributed by atoms with Crippen molar-refractivity contribution in [1.29, 1.82) is 0 Å². The van der Waals surface area contributed by atoms with E-state index in [-0.39, 0.29) is 6.42 Å². The molecule has 0 unspecified atom stereocenters. The van der Waals surface area contributed by atoms with Crippen molar-refractivity contribution in [2.24, 2.45) is 5.73 Å². The Morgan fingerprint density at radius 2 is 1.60 bits per heavy atom. The summed E-state index contributed by atoms with van der Waals surface area (Å²) in [5, 5.41) is 0. The largest absolute Gasteiger partial charge is 0.489 e. The second-order valence-corrected chi connectivity index (χ2v) is 4.55. The minimum Gasteiger partial charge on any atom is -0.489 e. The first-order valence-electron chi connectivity index (χ1n) is 6.46. The number of hydrogen-bond acceptors (Lipinski definition) is 2. The summed E-state index contributed by atoms with van der Waals surface area (Å²) >= 11 is 0. The van der Waals surface area contributed by atoms with Crippen LogP contribution in [0.1, 0.15) is 23.6 Å². The van der Waals surface area contributed by atoms with Crippen LogP contribution in [0.5, 0.6) is 5.75 Å². The zero-order valence-electron chi connectivity index (χ0n) is 11.0. The SMILES string of the molecule is N[C@H](CC(F)F)c1ccccc1OCc1ccccc1. The topological polar surface area (TPSA) is 35.2 Å². The maximum absolute atomic E-state index is 12.4. The van der Waals surface area contributed by atoms with E-state index in [9.17, 15) is 8.78 Å². The van der Waals surface area contributed by atoms with Gasteiger partial charge in [-0.2, -0.15) is 0 Å². The van der Waals surface area contributed by atoms with Gasteiger partial charge in [0.1, 0.15) is 12.4 Å². The molecule has 0 aliphatic rings. The number of hydrogen-bond donors (Lipinski definition) is 1. The van der Waals surface area contributed by atoms with Crippen molar-refractivity contribution in [3.63, 3.8) is 0 Å². The second-order valence-electron chi connectivity index (χ2n) is 4.55. The monoisotopic (exact) mass is 277 g/mol. The van der Waals surface area contributed by atoms with Crippen molar-refractivity contribution < 1.29 is 13.5 Å². The molecule has 0 bridgehead atoms. The lowest BCUT2D eigenvalue weighted by molar-refractivity contribution is 0.128. The van der Waals surface area contributed by atoms with E-state index in [1.165, 1.54) is 0 Å². The Kier molecular flexibility index (Phi) is 5.07. The molecule has 20 heavy (non-hydrogen) atoms. The maximum Gasteiger partial charge on any atom is 0.240 e. The van der Waals surface area contributed by atoms with Crippen LogP contribution in [0.25, 0.3) is 0 Å². The van der Waals surface area contributed by atoms with Gasteiger partial charge >= 0.3 is 0 Å². The summed E-state index contributed by atoms with van der Waals surface area (Å²) in [6.07, 6.45) is -2.79. The molecule has 2 aromatic rings. The van der Waals surface area contributed by atoms with Crippen LogP contribution < -0.4 is 10.5 Å². The van der Waals surface area contributed by atoms with Crippen LogP contribution in [-0.2, 0) is 6.61 Å². The number of para-hydroxylation sites is 1. The van der Waals surface area contributed by atoms with E-state index in [0.29, 0.717) is 17.9 Å². The molecule has 0 aliphatic carbocycles. The van der Waals surface area contributed by atoms with Crippen molar-refractivity contribution in [1.82, 2.24) is 0 Å². The van der Waals surface area contributed by atoms with Crippen molar-refractivity contribution >= 4 is 0 Å². The molecule has 0 radical (unpaired) electrons. The van der Waals surface area contributed by atoms with Crippen molar-refractivity contribution in [3.05, 3.63) is 65.7 Å². The molecular formula is C16H17F2NO. The lowest BCUT2D eigenvalue weighted by Crippen LogP contribution is -2.15. The minimum absolute atomic E-state index is 0.369. The van der Waals surface area contributed by atoms with Gasteiger partial charge in [0, 0.05) is 18.0 Å². The summed E-state index contributed by atoms with van der Waals surface area (Å²) < 4.78 is 30.6. The van der Waals surface area contributed by atoms with E-state index < -0.39 is 12.5 Å². The minimum atomic E-state index is -2.42. The molecule has 0 aliphatic heterocycles. The zero-order chi connectivity index (χ0) is 14.4.